The molecule has 1 saturated carbocycles. The van der Waals surface area contributed by atoms with E-state index in [1.807, 2.05) is 0 Å². The number of nitrogens with one attached hydrogen (secondary N) is 1. The van der Waals surface area contributed by atoms with Crippen molar-refractivity contribution < 1.29 is 10.0 Å². The van der Waals surface area contributed by atoms with Gasteiger partial charge >= 0.3 is 0 Å². The number of nitrogens with two attached hydrogens (primary N) is 1. The molecule has 0 aliphatic heterocycles. The van der Waals surface area contributed by atoms with Crippen molar-refractivity contribution in [3.05, 3.63) is 12.4 Å². The minimum absolute atomic E-state index is 0.0178. The zero-order valence-corrected chi connectivity index (χ0v) is 9.20. The molecule has 1 amide bonds. The van der Waals surface area contributed by atoms with Crippen LogP contribution in [-0.4, -0.2) is 38.5 Å². The molecule has 1 heterocycles. The Hall–Kier alpha value is -2.12. The van der Waals surface area contributed by atoms with E-state index in [4.69, 9.17) is 10.9 Å². The van der Waals surface area contributed by atoms with E-state index in [0.717, 1.165) is 0 Å². The Morgan fingerprint density at radius 3 is 2.94 bits per heavy atom. The lowest BCUT2D eigenvalue weighted by Crippen LogP contribution is -2.41. The van der Waals surface area contributed by atoms with Crippen molar-refractivity contribution in [2.75, 3.05) is 6.54 Å². The van der Waals surface area contributed by atoms with Gasteiger partial charge in [0.25, 0.3) is 0 Å². The molecular weight excluding hydrogens is 224 g/mol. The van der Waals surface area contributed by atoms with Crippen molar-refractivity contribution >= 4 is 11.7 Å². The lowest BCUT2D eigenvalue weighted by Gasteiger charge is -2.13. The van der Waals surface area contributed by atoms with Crippen LogP contribution in [0.4, 0.5) is 0 Å². The maximum Gasteiger partial charge on any atom is 0.234 e. The topological polar surface area (TPSA) is 118 Å². The highest BCUT2D eigenvalue weighted by molar-refractivity contribution is 6.09. The number of aromatic nitrogens is 3. The van der Waals surface area contributed by atoms with Crippen LogP contribution < -0.4 is 11.1 Å². The molecule has 8 nitrogen and oxygen atoms in total. The van der Waals surface area contributed by atoms with Gasteiger partial charge < -0.3 is 16.3 Å². The fourth-order valence-corrected chi connectivity index (χ4v) is 1.63. The molecule has 0 atom stereocenters. The van der Waals surface area contributed by atoms with Gasteiger partial charge in [0.05, 0.1) is 12.7 Å². The first kappa shape index (κ1) is 11.4. The number of oxime groups is 1. The predicted molar refractivity (Wildman–Crippen MR) is 58.1 cm³/mol. The number of hydrogen-bond donors (Lipinski definition) is 3. The third-order valence-electron chi connectivity index (χ3n) is 2.88. The van der Waals surface area contributed by atoms with Crippen molar-refractivity contribution in [1.29, 1.82) is 0 Å². The summed E-state index contributed by atoms with van der Waals surface area (Å²) in [6.45, 7) is 0.973. The molecule has 8 heteroatoms. The van der Waals surface area contributed by atoms with E-state index >= 15 is 0 Å². The molecule has 1 aliphatic carbocycles. The number of carbonyl (C=O) groups is 1. The van der Waals surface area contributed by atoms with Crippen LogP contribution in [0.3, 0.4) is 0 Å². The Labute approximate surface area is 97.5 Å². The van der Waals surface area contributed by atoms with Gasteiger partial charge in [0.1, 0.15) is 5.41 Å². The summed E-state index contributed by atoms with van der Waals surface area (Å²) >= 11 is 0. The molecule has 0 aromatic carbocycles. The van der Waals surface area contributed by atoms with Gasteiger partial charge in [-0.15, -0.1) is 5.10 Å². The third-order valence-corrected chi connectivity index (χ3v) is 2.88. The third kappa shape index (κ3) is 2.19. The lowest BCUT2D eigenvalue weighted by atomic mass is 10.1. The van der Waals surface area contributed by atoms with Crippen molar-refractivity contribution in [1.82, 2.24) is 20.3 Å². The van der Waals surface area contributed by atoms with Crippen molar-refractivity contribution in [3.63, 3.8) is 0 Å². The highest BCUT2D eigenvalue weighted by Crippen LogP contribution is 2.45. The highest BCUT2D eigenvalue weighted by Gasteiger charge is 2.54. The van der Waals surface area contributed by atoms with Crippen LogP contribution in [0.5, 0.6) is 0 Å². The number of carbonyl (C=O) groups excluding carboxylic acids is 1. The first-order chi connectivity index (χ1) is 8.19. The molecule has 92 valence electrons. The summed E-state index contributed by atoms with van der Waals surface area (Å²) in [6.07, 6.45) is 4.53. The van der Waals surface area contributed by atoms with Crippen LogP contribution in [-0.2, 0) is 11.3 Å². The average molecular weight is 238 g/mol. The molecule has 0 spiro atoms. The second-order valence-electron chi connectivity index (χ2n) is 3.99. The standard InChI is InChI=1S/C9H14N6O2/c10-7(13-17)9(1-2-9)8(16)11-3-5-15-6-4-12-14-15/h4,6,17H,1-3,5H2,(H2,10,13)(H,11,16). The summed E-state index contributed by atoms with van der Waals surface area (Å²) in [4.78, 5) is 11.8. The van der Waals surface area contributed by atoms with E-state index in [1.54, 1.807) is 17.1 Å². The van der Waals surface area contributed by atoms with Crippen molar-refractivity contribution in [2.45, 2.75) is 19.4 Å². The highest BCUT2D eigenvalue weighted by atomic mass is 16.4. The zero-order valence-electron chi connectivity index (χ0n) is 9.20. The predicted octanol–water partition coefficient (Wildman–Crippen LogP) is -1.08. The molecule has 2 rings (SSSR count). The van der Waals surface area contributed by atoms with Gasteiger partial charge in [-0.2, -0.15) is 0 Å². The summed E-state index contributed by atoms with van der Waals surface area (Å²) in [5.41, 5.74) is 4.70. The maximum atomic E-state index is 11.8. The maximum absolute atomic E-state index is 11.8. The van der Waals surface area contributed by atoms with Gasteiger partial charge in [-0.25, -0.2) is 0 Å². The van der Waals surface area contributed by atoms with Crippen molar-refractivity contribution in [3.8, 4) is 0 Å². The van der Waals surface area contributed by atoms with Crippen LogP contribution in [0, 0.1) is 5.41 Å². The minimum atomic E-state index is -0.795. The Bertz CT molecular complexity index is 423. The van der Waals surface area contributed by atoms with E-state index < -0.39 is 5.41 Å². The smallest absolute Gasteiger partial charge is 0.234 e. The van der Waals surface area contributed by atoms with Crippen molar-refractivity contribution in [2.24, 2.45) is 16.3 Å². The monoisotopic (exact) mass is 238 g/mol. The molecule has 1 fully saturated rings. The Balaban J connectivity index is 1.82. The molecule has 0 bridgehead atoms. The van der Waals surface area contributed by atoms with Crippen LogP contribution >= 0.6 is 0 Å². The number of nitrogens with zero attached hydrogens (tertiary/aromatic N) is 4. The van der Waals surface area contributed by atoms with Gasteiger partial charge in [0.2, 0.25) is 5.91 Å². The van der Waals surface area contributed by atoms with Crippen LogP contribution in [0.1, 0.15) is 12.8 Å². The Morgan fingerprint density at radius 1 is 1.65 bits per heavy atom. The van der Waals surface area contributed by atoms with E-state index in [9.17, 15) is 4.79 Å². The van der Waals surface area contributed by atoms with Crippen LogP contribution in [0.2, 0.25) is 0 Å². The first-order valence-corrected chi connectivity index (χ1v) is 5.29. The summed E-state index contributed by atoms with van der Waals surface area (Å²) in [7, 11) is 0. The average Bonchev–Trinajstić information content (AvgIpc) is 3.00. The second kappa shape index (κ2) is 4.40. The fourth-order valence-electron chi connectivity index (χ4n) is 1.63. The van der Waals surface area contributed by atoms with Gasteiger partial charge in [0, 0.05) is 12.7 Å². The van der Waals surface area contributed by atoms with Gasteiger partial charge in [-0.1, -0.05) is 10.4 Å². The van der Waals surface area contributed by atoms with E-state index in [1.165, 1.54) is 0 Å². The van der Waals surface area contributed by atoms with Crippen LogP contribution in [0.25, 0.3) is 0 Å². The molecule has 1 aliphatic rings. The minimum Gasteiger partial charge on any atom is -0.409 e. The molecule has 0 unspecified atom stereocenters. The molecular formula is C9H14N6O2. The van der Waals surface area contributed by atoms with E-state index in [0.29, 0.717) is 25.9 Å². The molecule has 1 aromatic heterocycles. The SMILES string of the molecule is N/C(=N/O)C1(C(=O)NCCn2ccnn2)CC1. The fraction of sp³-hybridized carbons (Fsp3) is 0.556. The number of amidine groups is 1. The second-order valence-corrected chi connectivity index (χ2v) is 3.99. The molecule has 4 N–H and O–H groups in total. The molecule has 17 heavy (non-hydrogen) atoms. The van der Waals surface area contributed by atoms with Gasteiger partial charge in [-0.3, -0.25) is 9.48 Å². The Morgan fingerprint density at radius 2 is 2.41 bits per heavy atom. The molecule has 0 radical (unpaired) electrons. The lowest BCUT2D eigenvalue weighted by molar-refractivity contribution is -0.124. The van der Waals surface area contributed by atoms with E-state index in [2.05, 4.69) is 20.8 Å². The van der Waals surface area contributed by atoms with Gasteiger partial charge in [-0.05, 0) is 12.8 Å². The number of amides is 1. The van der Waals surface area contributed by atoms with E-state index in [-0.39, 0.29) is 11.7 Å². The quantitative estimate of drug-likeness (QED) is 0.261. The zero-order chi connectivity index (χ0) is 12.3. The largest absolute Gasteiger partial charge is 0.409 e. The molecule has 0 saturated heterocycles. The number of rotatable bonds is 5. The summed E-state index contributed by atoms with van der Waals surface area (Å²) in [5.74, 6) is -0.219. The normalized spacial score (nSPS) is 17.8. The Kier molecular flexibility index (Phi) is 2.94. The van der Waals surface area contributed by atoms with Gasteiger partial charge in [0.15, 0.2) is 5.84 Å². The summed E-state index contributed by atoms with van der Waals surface area (Å²) < 4.78 is 1.61. The summed E-state index contributed by atoms with van der Waals surface area (Å²) in [5, 5.41) is 21.7. The number of hydrogen-bond acceptors (Lipinski definition) is 5. The van der Waals surface area contributed by atoms with Crippen LogP contribution in [0.15, 0.2) is 17.5 Å². The molecule has 1 aromatic rings. The first-order valence-electron chi connectivity index (χ1n) is 5.29. The summed E-state index contributed by atoms with van der Waals surface area (Å²) in [6, 6.07) is 0.